The van der Waals surface area contributed by atoms with Crippen molar-refractivity contribution in [3.8, 4) is 0 Å². The monoisotopic (exact) mass is 699 g/mol. The highest BCUT2D eigenvalue weighted by atomic mass is 16.6. The molecular formula is C41H78O8. The van der Waals surface area contributed by atoms with E-state index in [1.165, 1.54) is 32.8 Å². The van der Waals surface area contributed by atoms with Crippen molar-refractivity contribution in [1.82, 2.24) is 0 Å². The van der Waals surface area contributed by atoms with Crippen LogP contribution in [0.15, 0.2) is 0 Å². The highest BCUT2D eigenvalue weighted by molar-refractivity contribution is 5.82. The predicted molar refractivity (Wildman–Crippen MR) is 200 cm³/mol. The zero-order valence-corrected chi connectivity index (χ0v) is 27.4. The molecular weight excluding hydrogens is 620 g/mol. The molecule has 6 atom stereocenters. The third-order valence-corrected chi connectivity index (χ3v) is 13.0. The summed E-state index contributed by atoms with van der Waals surface area (Å²) in [5.41, 5.74) is -3.67. The molecule has 1 N–H and O–H groups in total. The maximum atomic E-state index is 13.9. The van der Waals surface area contributed by atoms with Crippen LogP contribution in [-0.2, 0) is 33.4 Å². The zero-order chi connectivity index (χ0) is 31.5. The lowest BCUT2D eigenvalue weighted by Crippen LogP contribution is -2.59. The van der Waals surface area contributed by atoms with Gasteiger partial charge in [0, 0.05) is 5.92 Å². The number of carboxylic acid groups (broad SMARTS) is 1. The van der Waals surface area contributed by atoms with Crippen molar-refractivity contribution in [1.29, 1.82) is 0 Å². The normalized spacial score (nSPS) is 34.7. The molecule has 8 heteroatoms. The molecule has 0 aromatic carbocycles. The van der Waals surface area contributed by atoms with Gasteiger partial charge < -0.3 is 19.3 Å². The molecule has 1 heterocycles. The Balaban J connectivity index is 0. The minimum absolute atomic E-state index is 0. The number of carbonyl (C=O) groups excluding carboxylic acids is 3. The van der Waals surface area contributed by atoms with E-state index >= 15 is 0 Å². The lowest BCUT2D eigenvalue weighted by atomic mass is 9.50. The van der Waals surface area contributed by atoms with Crippen LogP contribution in [0.2, 0.25) is 0 Å². The van der Waals surface area contributed by atoms with Crippen LogP contribution in [-0.4, -0.2) is 48.3 Å². The van der Waals surface area contributed by atoms with E-state index in [9.17, 15) is 24.3 Å². The van der Waals surface area contributed by atoms with Gasteiger partial charge in [-0.3, -0.25) is 19.2 Å². The van der Waals surface area contributed by atoms with Crippen LogP contribution in [0.5, 0.6) is 0 Å². The van der Waals surface area contributed by atoms with Gasteiger partial charge in [-0.1, -0.05) is 51.5 Å². The fourth-order valence-corrected chi connectivity index (χ4v) is 10.6. The fraction of sp³-hybridized carbons (Fsp3) is 0.902. The van der Waals surface area contributed by atoms with Gasteiger partial charge in [-0.05, 0) is 141 Å². The SMILES string of the molecule is C.C.C.C.C.C.CCC(C)(CC(C)(CC(C)(C)C(=O)O)C(=O)OC1(C)C2CC3CC(C2)CC1C3)C(=O)OC.O=C1OCC2C3CCC(C3)C12. The predicted octanol–water partition coefficient (Wildman–Crippen LogP) is 10.3. The molecule has 7 aliphatic rings. The summed E-state index contributed by atoms with van der Waals surface area (Å²) in [6.07, 6.45) is 10.5. The third-order valence-electron chi connectivity index (χ3n) is 13.0. The quantitative estimate of drug-likeness (QED) is 0.187. The first-order valence-electron chi connectivity index (χ1n) is 16.8. The molecule has 6 unspecified atom stereocenters. The van der Waals surface area contributed by atoms with Gasteiger partial charge in [0.1, 0.15) is 5.60 Å². The number of ether oxygens (including phenoxy) is 3. The standard InChI is InChI=1S/C26H42O6.C9H12O2.6CH4/c1-8-24(4,21(29)31-7)15-25(5,14-23(2,3)20(27)28)22(30)32-26(6)18-10-16-9-17(12-18)13-19(26)11-16;10-9-8-6-2-1-5(3-6)7(8)4-11-9;;;;;;/h16-19H,8-15H2,1-7H3,(H,27,28);5-8H,1-4H2;6*1H4. The highest BCUT2D eigenvalue weighted by Gasteiger charge is 2.59. The van der Waals surface area contributed by atoms with E-state index in [4.69, 9.17) is 14.2 Å². The Kier molecular flexibility index (Phi) is 17.4. The molecule has 1 aliphatic heterocycles. The van der Waals surface area contributed by atoms with Crippen LogP contribution in [0, 0.1) is 63.6 Å². The maximum Gasteiger partial charge on any atom is 0.312 e. The van der Waals surface area contributed by atoms with Crippen LogP contribution in [0.3, 0.4) is 0 Å². The van der Waals surface area contributed by atoms with E-state index in [1.807, 2.05) is 6.92 Å². The number of carboxylic acids is 1. The summed E-state index contributed by atoms with van der Waals surface area (Å²) in [7, 11) is 1.35. The van der Waals surface area contributed by atoms with Crippen LogP contribution >= 0.6 is 0 Å². The van der Waals surface area contributed by atoms with Crippen molar-refractivity contribution in [2.24, 2.45) is 63.6 Å². The van der Waals surface area contributed by atoms with Crippen LogP contribution in [0.4, 0.5) is 0 Å². The lowest BCUT2D eigenvalue weighted by Gasteiger charge is -2.59. The summed E-state index contributed by atoms with van der Waals surface area (Å²) in [6, 6.07) is 0. The summed E-state index contributed by atoms with van der Waals surface area (Å²) in [5, 5.41) is 9.79. The van der Waals surface area contributed by atoms with Gasteiger partial charge in [-0.15, -0.1) is 0 Å². The Bertz CT molecular complexity index is 1100. The smallest absolute Gasteiger partial charge is 0.312 e. The number of rotatable bonds is 9. The van der Waals surface area contributed by atoms with Crippen molar-refractivity contribution in [3.05, 3.63) is 0 Å². The van der Waals surface area contributed by atoms with Crippen molar-refractivity contribution >= 4 is 23.9 Å². The lowest BCUT2D eigenvalue weighted by molar-refractivity contribution is -0.215. The molecule has 0 aromatic rings. The van der Waals surface area contributed by atoms with Crippen molar-refractivity contribution in [3.63, 3.8) is 0 Å². The van der Waals surface area contributed by atoms with E-state index in [2.05, 4.69) is 6.92 Å². The Morgan fingerprint density at radius 1 is 0.796 bits per heavy atom. The third kappa shape index (κ3) is 8.86. The molecule has 0 amide bonds. The number of hydrogen-bond donors (Lipinski definition) is 1. The van der Waals surface area contributed by atoms with Gasteiger partial charge in [-0.2, -0.15) is 0 Å². The summed E-state index contributed by atoms with van der Waals surface area (Å²) < 4.78 is 16.5. The number of hydrogen-bond acceptors (Lipinski definition) is 7. The Morgan fingerprint density at radius 3 is 1.76 bits per heavy atom. The van der Waals surface area contributed by atoms with Gasteiger partial charge >= 0.3 is 23.9 Å². The van der Waals surface area contributed by atoms with Gasteiger partial charge in [0.15, 0.2) is 0 Å². The summed E-state index contributed by atoms with van der Waals surface area (Å²) >= 11 is 0. The second-order valence-electron chi connectivity index (χ2n) is 16.5. The number of cyclic esters (lactones) is 1. The van der Waals surface area contributed by atoms with E-state index < -0.39 is 27.8 Å². The molecule has 6 bridgehead atoms. The van der Waals surface area contributed by atoms with Crippen molar-refractivity contribution in [2.75, 3.05) is 13.7 Å². The van der Waals surface area contributed by atoms with E-state index in [0.717, 1.165) is 50.0 Å². The average Bonchev–Trinajstić information content (AvgIpc) is 3.66. The molecule has 49 heavy (non-hydrogen) atoms. The largest absolute Gasteiger partial charge is 0.481 e. The first-order valence-corrected chi connectivity index (χ1v) is 16.8. The van der Waals surface area contributed by atoms with Gasteiger partial charge in [0.2, 0.25) is 0 Å². The minimum atomic E-state index is -1.14. The molecule has 8 nitrogen and oxygen atoms in total. The van der Waals surface area contributed by atoms with E-state index in [0.29, 0.717) is 36.0 Å². The molecule has 290 valence electrons. The highest BCUT2D eigenvalue weighted by Crippen LogP contribution is 2.60. The molecule has 0 aromatic heterocycles. The minimum Gasteiger partial charge on any atom is -0.481 e. The Labute approximate surface area is 301 Å². The Morgan fingerprint density at radius 2 is 1.31 bits per heavy atom. The molecule has 0 spiro atoms. The van der Waals surface area contributed by atoms with Gasteiger partial charge in [0.05, 0.1) is 35.9 Å². The number of fused-ring (bicyclic) bond motifs is 5. The van der Waals surface area contributed by atoms with E-state index in [1.54, 1.807) is 27.7 Å². The van der Waals surface area contributed by atoms with E-state index in [-0.39, 0.29) is 75.3 Å². The zero-order valence-electron chi connectivity index (χ0n) is 27.4. The van der Waals surface area contributed by atoms with Crippen molar-refractivity contribution < 1.29 is 38.5 Å². The van der Waals surface area contributed by atoms with Crippen LogP contribution < -0.4 is 0 Å². The molecule has 7 rings (SSSR count). The maximum absolute atomic E-state index is 13.9. The molecule has 0 radical (unpaired) electrons. The number of carbonyl (C=O) groups is 4. The first kappa shape index (κ1) is 49.0. The topological polar surface area (TPSA) is 116 Å². The van der Waals surface area contributed by atoms with Gasteiger partial charge in [-0.25, -0.2) is 0 Å². The number of esters is 3. The molecule has 1 saturated heterocycles. The second-order valence-corrected chi connectivity index (χ2v) is 16.5. The summed E-state index contributed by atoms with van der Waals surface area (Å²) in [5.74, 6) is 3.09. The molecule has 7 fully saturated rings. The van der Waals surface area contributed by atoms with Gasteiger partial charge in [0.25, 0.3) is 0 Å². The second kappa shape index (κ2) is 17.4. The average molecular weight is 699 g/mol. The summed E-state index contributed by atoms with van der Waals surface area (Å²) in [4.78, 5) is 49.7. The first-order chi connectivity index (χ1) is 20.0. The Hall–Kier alpha value is -2.12. The number of aliphatic carboxylic acids is 1. The van der Waals surface area contributed by atoms with Crippen LogP contribution in [0.25, 0.3) is 0 Å². The fourth-order valence-electron chi connectivity index (χ4n) is 10.6. The molecule has 6 aliphatic carbocycles. The van der Waals surface area contributed by atoms with Crippen LogP contribution in [0.1, 0.15) is 157 Å². The molecule has 6 saturated carbocycles. The van der Waals surface area contributed by atoms with Crippen molar-refractivity contribution in [2.45, 2.75) is 162 Å². The number of methoxy groups -OCH3 is 1. The summed E-state index contributed by atoms with van der Waals surface area (Å²) in [6.45, 7) is 11.5.